The Morgan fingerprint density at radius 1 is 1.11 bits per heavy atom. The predicted molar refractivity (Wildman–Crippen MR) is 108 cm³/mol. The first-order chi connectivity index (χ1) is 13.3. The third-order valence-corrected chi connectivity index (χ3v) is 5.31. The standard InChI is InChI=1S/C20H23N3O4S/c1-4-27-15-9-11-16(12-10-15)28(25,26)22-21-19-17-7-5-6-8-18(17)23(20(19)24)13-14(2)3/h5-12,14,24H,4,13H2,1-3H3. The molecule has 0 spiro atoms. The number of sulfonamides is 1. The molecule has 3 aromatic rings. The normalized spacial score (nSPS) is 12.3. The first-order valence-corrected chi connectivity index (χ1v) is 10.5. The summed E-state index contributed by atoms with van der Waals surface area (Å²) in [4.78, 5) is 0.00473. The molecule has 3 rings (SSSR count). The number of rotatable bonds is 7. The lowest BCUT2D eigenvalue weighted by Crippen LogP contribution is -2.03. The summed E-state index contributed by atoms with van der Waals surface area (Å²) in [6.07, 6.45) is 0. The van der Waals surface area contributed by atoms with Crippen molar-refractivity contribution in [1.29, 1.82) is 0 Å². The van der Waals surface area contributed by atoms with Gasteiger partial charge in [0.2, 0.25) is 5.88 Å². The molecule has 0 amide bonds. The zero-order valence-electron chi connectivity index (χ0n) is 16.0. The van der Waals surface area contributed by atoms with E-state index in [0.717, 1.165) is 5.52 Å². The molecule has 1 aromatic heterocycles. The zero-order valence-corrected chi connectivity index (χ0v) is 16.8. The number of aromatic nitrogens is 1. The summed E-state index contributed by atoms with van der Waals surface area (Å²) in [6.45, 7) is 6.98. The van der Waals surface area contributed by atoms with E-state index in [4.69, 9.17) is 4.74 Å². The summed E-state index contributed by atoms with van der Waals surface area (Å²) in [5.41, 5.74) is 0.923. The minimum Gasteiger partial charge on any atom is -0.494 e. The summed E-state index contributed by atoms with van der Waals surface area (Å²) in [5, 5.41) is 15.2. The van der Waals surface area contributed by atoms with Gasteiger partial charge in [0.05, 0.1) is 17.0 Å². The molecule has 28 heavy (non-hydrogen) atoms. The van der Waals surface area contributed by atoms with Gasteiger partial charge in [-0.05, 0) is 43.2 Å². The lowest BCUT2D eigenvalue weighted by molar-refractivity contribution is 0.340. The summed E-state index contributed by atoms with van der Waals surface area (Å²) >= 11 is 0. The lowest BCUT2D eigenvalue weighted by atomic mass is 10.2. The van der Waals surface area contributed by atoms with Gasteiger partial charge in [0.25, 0.3) is 10.0 Å². The molecule has 8 heteroatoms. The number of aromatic hydroxyl groups is 1. The number of hydrogen-bond donors (Lipinski definition) is 1. The fraction of sp³-hybridized carbons (Fsp3) is 0.300. The average Bonchev–Trinajstić information content (AvgIpc) is 2.92. The van der Waals surface area contributed by atoms with Crippen LogP contribution in [0.1, 0.15) is 20.8 Å². The highest BCUT2D eigenvalue weighted by molar-refractivity contribution is 7.90. The lowest BCUT2D eigenvalue weighted by Gasteiger charge is -2.09. The van der Waals surface area contributed by atoms with Crippen LogP contribution in [-0.2, 0) is 16.6 Å². The highest BCUT2D eigenvalue weighted by atomic mass is 32.2. The van der Waals surface area contributed by atoms with Crippen molar-refractivity contribution in [3.05, 3.63) is 48.5 Å². The van der Waals surface area contributed by atoms with Crippen molar-refractivity contribution in [2.24, 2.45) is 15.6 Å². The number of hydrogen-bond acceptors (Lipinski definition) is 5. The van der Waals surface area contributed by atoms with Crippen molar-refractivity contribution in [3.8, 4) is 11.6 Å². The molecule has 0 saturated carbocycles. The van der Waals surface area contributed by atoms with Crippen molar-refractivity contribution in [2.45, 2.75) is 32.2 Å². The van der Waals surface area contributed by atoms with Crippen LogP contribution in [0.4, 0.5) is 5.69 Å². The van der Waals surface area contributed by atoms with Crippen LogP contribution >= 0.6 is 0 Å². The molecule has 2 aromatic carbocycles. The van der Waals surface area contributed by atoms with Crippen molar-refractivity contribution < 1.29 is 18.3 Å². The van der Waals surface area contributed by atoms with E-state index in [0.29, 0.717) is 30.2 Å². The quantitative estimate of drug-likeness (QED) is 0.571. The van der Waals surface area contributed by atoms with E-state index in [1.54, 1.807) is 22.8 Å². The minimum absolute atomic E-state index is 0.00473. The van der Waals surface area contributed by atoms with E-state index >= 15 is 0 Å². The van der Waals surface area contributed by atoms with Crippen molar-refractivity contribution >= 4 is 26.6 Å². The van der Waals surface area contributed by atoms with Gasteiger partial charge in [-0.15, -0.1) is 5.11 Å². The number of nitrogens with zero attached hydrogens (tertiary/aromatic N) is 3. The largest absolute Gasteiger partial charge is 0.494 e. The number of benzene rings is 2. The molecule has 0 fully saturated rings. The molecule has 0 aliphatic rings. The van der Waals surface area contributed by atoms with Crippen LogP contribution in [0.15, 0.2) is 63.1 Å². The Balaban J connectivity index is 1.99. The first kappa shape index (κ1) is 19.9. The van der Waals surface area contributed by atoms with Crippen LogP contribution in [0, 0.1) is 5.92 Å². The fourth-order valence-electron chi connectivity index (χ4n) is 2.94. The van der Waals surface area contributed by atoms with Gasteiger partial charge in [0, 0.05) is 11.9 Å². The number of fused-ring (bicyclic) bond motifs is 1. The van der Waals surface area contributed by atoms with Gasteiger partial charge >= 0.3 is 0 Å². The Morgan fingerprint density at radius 2 is 1.79 bits per heavy atom. The Labute approximate surface area is 164 Å². The van der Waals surface area contributed by atoms with Crippen LogP contribution in [-0.4, -0.2) is 24.7 Å². The molecule has 1 heterocycles. The van der Waals surface area contributed by atoms with Gasteiger partial charge in [-0.2, -0.15) is 8.42 Å². The van der Waals surface area contributed by atoms with Gasteiger partial charge in [-0.3, -0.25) is 0 Å². The molecule has 7 nitrogen and oxygen atoms in total. The zero-order chi connectivity index (χ0) is 20.3. The Morgan fingerprint density at radius 3 is 2.43 bits per heavy atom. The molecular formula is C20H23N3O4S. The monoisotopic (exact) mass is 401 g/mol. The van der Waals surface area contributed by atoms with Crippen LogP contribution in [0.3, 0.4) is 0 Å². The Bertz CT molecular complexity index is 1100. The van der Waals surface area contributed by atoms with Gasteiger partial charge < -0.3 is 14.4 Å². The third-order valence-electron chi connectivity index (χ3n) is 4.15. The van der Waals surface area contributed by atoms with Crippen molar-refractivity contribution in [1.82, 2.24) is 4.57 Å². The summed E-state index contributed by atoms with van der Waals surface area (Å²) < 4.78 is 35.6. The molecular weight excluding hydrogens is 378 g/mol. The highest BCUT2D eigenvalue weighted by Crippen LogP contribution is 2.39. The third kappa shape index (κ3) is 4.01. The van der Waals surface area contributed by atoms with E-state index < -0.39 is 10.0 Å². The molecule has 0 atom stereocenters. The van der Waals surface area contributed by atoms with Crippen molar-refractivity contribution in [2.75, 3.05) is 6.61 Å². The van der Waals surface area contributed by atoms with Gasteiger partial charge in [-0.1, -0.05) is 36.6 Å². The molecule has 0 saturated heterocycles. The Kier molecular flexibility index (Phi) is 5.69. The minimum atomic E-state index is -4.01. The second kappa shape index (κ2) is 8.02. The van der Waals surface area contributed by atoms with Gasteiger partial charge in [0.15, 0.2) is 5.69 Å². The molecule has 0 unspecified atom stereocenters. The van der Waals surface area contributed by atoms with E-state index in [1.165, 1.54) is 12.1 Å². The Hall–Kier alpha value is -2.87. The molecule has 0 bridgehead atoms. The van der Waals surface area contributed by atoms with E-state index in [1.807, 2.05) is 39.0 Å². The second-order valence-electron chi connectivity index (χ2n) is 6.75. The topological polar surface area (TPSA) is 93.2 Å². The second-order valence-corrected chi connectivity index (χ2v) is 8.34. The van der Waals surface area contributed by atoms with Crippen LogP contribution < -0.4 is 4.74 Å². The van der Waals surface area contributed by atoms with Crippen LogP contribution in [0.25, 0.3) is 10.9 Å². The smallest absolute Gasteiger partial charge is 0.299 e. The molecule has 1 N–H and O–H groups in total. The maximum Gasteiger partial charge on any atom is 0.299 e. The van der Waals surface area contributed by atoms with E-state index in [-0.39, 0.29) is 16.5 Å². The molecule has 148 valence electrons. The fourth-order valence-corrected chi connectivity index (χ4v) is 3.70. The van der Waals surface area contributed by atoms with E-state index in [9.17, 15) is 13.5 Å². The maximum absolute atomic E-state index is 12.5. The predicted octanol–water partition coefficient (Wildman–Crippen LogP) is 4.87. The average molecular weight is 401 g/mol. The maximum atomic E-state index is 12.5. The SMILES string of the molecule is CCOc1ccc(S(=O)(=O)N=Nc2c(O)n(CC(C)C)c3ccccc23)cc1. The number of ether oxygens (including phenoxy) is 1. The summed E-state index contributed by atoms with van der Waals surface area (Å²) in [7, 11) is -4.01. The van der Waals surface area contributed by atoms with Gasteiger partial charge in [-0.25, -0.2) is 0 Å². The molecule has 0 aliphatic heterocycles. The van der Waals surface area contributed by atoms with Crippen molar-refractivity contribution in [3.63, 3.8) is 0 Å². The van der Waals surface area contributed by atoms with Gasteiger partial charge in [0.1, 0.15) is 5.75 Å². The molecule has 0 aliphatic carbocycles. The summed E-state index contributed by atoms with van der Waals surface area (Å²) in [5.74, 6) is 0.771. The van der Waals surface area contributed by atoms with Crippen LogP contribution in [0.5, 0.6) is 11.6 Å². The van der Waals surface area contributed by atoms with Crippen LogP contribution in [0.2, 0.25) is 0 Å². The number of para-hydroxylation sites is 1. The highest BCUT2D eigenvalue weighted by Gasteiger charge is 2.19. The summed E-state index contributed by atoms with van der Waals surface area (Å²) in [6, 6.07) is 13.3. The molecule has 0 radical (unpaired) electrons. The van der Waals surface area contributed by atoms with E-state index in [2.05, 4.69) is 9.63 Å². The first-order valence-electron chi connectivity index (χ1n) is 9.04.